The average Bonchev–Trinajstić information content (AvgIpc) is 3.24. The first-order valence-electron chi connectivity index (χ1n) is 9.91. The molecule has 0 unspecified atom stereocenters. The lowest BCUT2D eigenvalue weighted by Gasteiger charge is -2.30. The third kappa shape index (κ3) is 4.60. The number of thioether (sulfide) groups is 1. The normalized spacial score (nSPS) is 15.7. The van der Waals surface area contributed by atoms with Crippen molar-refractivity contribution in [1.29, 1.82) is 0 Å². The number of carbonyl (C=O) groups excluding carboxylic acids is 1. The molecule has 1 amide bonds. The summed E-state index contributed by atoms with van der Waals surface area (Å²) < 4.78 is 33.4. The van der Waals surface area contributed by atoms with Crippen LogP contribution in [0.3, 0.4) is 0 Å². The molecule has 0 saturated carbocycles. The first kappa shape index (κ1) is 23.3. The van der Waals surface area contributed by atoms with E-state index in [-0.39, 0.29) is 16.7 Å². The Morgan fingerprint density at radius 3 is 2.53 bits per heavy atom. The SMILES string of the molecule is COc1ccc(Cl)c2sc(NC(=O)C3CCN(S(=O)(=O)c4ccc(SC)cc4)CC3)nc12. The zero-order valence-electron chi connectivity index (χ0n) is 17.5. The summed E-state index contributed by atoms with van der Waals surface area (Å²) in [6, 6.07) is 10.3. The number of benzene rings is 2. The highest BCUT2D eigenvalue weighted by atomic mass is 35.5. The number of piperidine rings is 1. The van der Waals surface area contributed by atoms with Gasteiger partial charge in [0, 0.05) is 23.9 Å². The van der Waals surface area contributed by atoms with Crippen molar-refractivity contribution in [2.75, 3.05) is 31.8 Å². The number of fused-ring (bicyclic) bond motifs is 1. The van der Waals surface area contributed by atoms with Gasteiger partial charge in [-0.05, 0) is 55.5 Å². The Balaban J connectivity index is 1.41. The number of thiazole rings is 1. The van der Waals surface area contributed by atoms with Crippen molar-refractivity contribution in [3.63, 3.8) is 0 Å². The van der Waals surface area contributed by atoms with Crippen LogP contribution in [0.15, 0.2) is 46.2 Å². The molecule has 4 rings (SSSR count). The summed E-state index contributed by atoms with van der Waals surface area (Å²) in [5, 5.41) is 3.85. The fourth-order valence-corrected chi connectivity index (χ4v) is 6.67. The number of amides is 1. The Labute approximate surface area is 200 Å². The molecule has 7 nitrogen and oxygen atoms in total. The molecule has 11 heteroatoms. The zero-order chi connectivity index (χ0) is 22.9. The molecule has 1 fully saturated rings. The lowest BCUT2D eigenvalue weighted by Crippen LogP contribution is -2.41. The Morgan fingerprint density at radius 1 is 1.22 bits per heavy atom. The van der Waals surface area contributed by atoms with Crippen molar-refractivity contribution in [2.24, 2.45) is 5.92 Å². The molecular weight excluding hydrogens is 490 g/mol. The summed E-state index contributed by atoms with van der Waals surface area (Å²) in [4.78, 5) is 18.5. The number of nitrogens with one attached hydrogen (secondary N) is 1. The predicted molar refractivity (Wildman–Crippen MR) is 130 cm³/mol. The topological polar surface area (TPSA) is 88.6 Å². The number of sulfonamides is 1. The number of nitrogens with zero attached hydrogens (tertiary/aromatic N) is 2. The van der Waals surface area contributed by atoms with Gasteiger partial charge in [-0.2, -0.15) is 4.31 Å². The third-order valence-electron chi connectivity index (χ3n) is 5.43. The van der Waals surface area contributed by atoms with E-state index in [0.717, 1.165) is 9.60 Å². The number of ether oxygens (including phenoxy) is 1. The van der Waals surface area contributed by atoms with Crippen molar-refractivity contribution in [1.82, 2.24) is 9.29 Å². The van der Waals surface area contributed by atoms with E-state index in [1.165, 1.54) is 15.6 Å². The maximum atomic E-state index is 12.9. The van der Waals surface area contributed by atoms with E-state index >= 15 is 0 Å². The molecule has 32 heavy (non-hydrogen) atoms. The third-order valence-corrected chi connectivity index (χ3v) is 9.52. The second-order valence-electron chi connectivity index (χ2n) is 7.29. The molecular formula is C21H22ClN3O4S3. The van der Waals surface area contributed by atoms with Gasteiger partial charge in [0.25, 0.3) is 0 Å². The molecule has 0 spiro atoms. The van der Waals surface area contributed by atoms with Crippen molar-refractivity contribution in [3.05, 3.63) is 41.4 Å². The van der Waals surface area contributed by atoms with E-state index in [2.05, 4.69) is 10.3 Å². The van der Waals surface area contributed by atoms with Crippen molar-refractivity contribution >= 4 is 66.0 Å². The molecule has 0 bridgehead atoms. The minimum atomic E-state index is -3.57. The highest BCUT2D eigenvalue weighted by molar-refractivity contribution is 7.98. The molecule has 0 radical (unpaired) electrons. The van der Waals surface area contributed by atoms with Gasteiger partial charge in [-0.1, -0.05) is 22.9 Å². The summed E-state index contributed by atoms with van der Waals surface area (Å²) in [6.07, 6.45) is 2.84. The number of rotatable bonds is 6. The largest absolute Gasteiger partial charge is 0.494 e. The smallest absolute Gasteiger partial charge is 0.243 e. The lowest BCUT2D eigenvalue weighted by molar-refractivity contribution is -0.120. The standard InChI is InChI=1S/C21H22ClN3O4S3/c1-29-17-8-7-16(22)19-18(17)23-21(31-19)24-20(26)13-9-11-25(12-10-13)32(27,28)15-5-3-14(30-2)4-6-15/h3-8,13H,9-12H2,1-2H3,(H,23,24,26). The number of halogens is 1. The van der Waals surface area contributed by atoms with Crippen LogP contribution in [0.1, 0.15) is 12.8 Å². The van der Waals surface area contributed by atoms with E-state index in [4.69, 9.17) is 16.3 Å². The second kappa shape index (κ2) is 9.56. The van der Waals surface area contributed by atoms with Crippen LogP contribution in [0.5, 0.6) is 5.75 Å². The van der Waals surface area contributed by atoms with Crippen LogP contribution in [0, 0.1) is 5.92 Å². The first-order chi connectivity index (χ1) is 15.3. The Bertz CT molecular complexity index is 1240. The van der Waals surface area contributed by atoms with E-state index in [0.29, 0.717) is 47.4 Å². The van der Waals surface area contributed by atoms with Gasteiger partial charge in [0.05, 0.1) is 21.7 Å². The molecule has 0 atom stereocenters. The zero-order valence-corrected chi connectivity index (χ0v) is 20.7. The van der Waals surface area contributed by atoms with E-state index in [9.17, 15) is 13.2 Å². The van der Waals surface area contributed by atoms with Crippen LogP contribution < -0.4 is 10.1 Å². The van der Waals surface area contributed by atoms with Gasteiger partial charge in [0.15, 0.2) is 5.13 Å². The Hall–Kier alpha value is -1.85. The minimum Gasteiger partial charge on any atom is -0.494 e. The predicted octanol–water partition coefficient (Wildman–Crippen LogP) is 4.72. The van der Waals surface area contributed by atoms with Gasteiger partial charge in [0.2, 0.25) is 15.9 Å². The van der Waals surface area contributed by atoms with Crippen LogP contribution >= 0.6 is 34.7 Å². The maximum absolute atomic E-state index is 12.9. The fourth-order valence-electron chi connectivity index (χ4n) is 3.63. The van der Waals surface area contributed by atoms with Gasteiger partial charge < -0.3 is 10.1 Å². The number of aromatic nitrogens is 1. The van der Waals surface area contributed by atoms with Gasteiger partial charge in [-0.3, -0.25) is 4.79 Å². The molecule has 2 heterocycles. The van der Waals surface area contributed by atoms with Crippen LogP contribution in [0.4, 0.5) is 5.13 Å². The van der Waals surface area contributed by atoms with E-state index in [1.54, 1.807) is 55.3 Å². The molecule has 2 aromatic carbocycles. The molecule has 1 aliphatic heterocycles. The molecule has 1 aliphatic rings. The van der Waals surface area contributed by atoms with Crippen LogP contribution in [-0.4, -0.2) is 50.1 Å². The number of carbonyl (C=O) groups is 1. The fraction of sp³-hybridized carbons (Fsp3) is 0.333. The quantitative estimate of drug-likeness (QED) is 0.482. The number of anilines is 1. The Kier molecular flexibility index (Phi) is 6.97. The highest BCUT2D eigenvalue weighted by Crippen LogP contribution is 2.37. The van der Waals surface area contributed by atoms with Crippen molar-refractivity contribution in [2.45, 2.75) is 22.6 Å². The average molecular weight is 512 g/mol. The van der Waals surface area contributed by atoms with Gasteiger partial charge in [0.1, 0.15) is 11.3 Å². The second-order valence-corrected chi connectivity index (χ2v) is 11.5. The number of hydrogen-bond acceptors (Lipinski definition) is 7. The van der Waals surface area contributed by atoms with Gasteiger partial charge in [-0.15, -0.1) is 11.8 Å². The molecule has 1 saturated heterocycles. The monoisotopic (exact) mass is 511 g/mol. The number of hydrogen-bond donors (Lipinski definition) is 1. The summed E-state index contributed by atoms with van der Waals surface area (Å²) >= 11 is 9.10. The molecule has 1 aromatic heterocycles. The number of methoxy groups -OCH3 is 1. The maximum Gasteiger partial charge on any atom is 0.243 e. The summed E-state index contributed by atoms with van der Waals surface area (Å²) in [5.41, 5.74) is 0.605. The van der Waals surface area contributed by atoms with Gasteiger partial charge in [-0.25, -0.2) is 13.4 Å². The van der Waals surface area contributed by atoms with E-state index < -0.39 is 10.0 Å². The van der Waals surface area contributed by atoms with Crippen LogP contribution in [0.2, 0.25) is 5.02 Å². The van der Waals surface area contributed by atoms with Crippen molar-refractivity contribution < 1.29 is 17.9 Å². The molecule has 170 valence electrons. The van der Waals surface area contributed by atoms with E-state index in [1.807, 2.05) is 6.26 Å². The summed E-state index contributed by atoms with van der Waals surface area (Å²) in [6.45, 7) is 0.592. The molecule has 1 N–H and O–H groups in total. The first-order valence-corrected chi connectivity index (χ1v) is 13.8. The van der Waals surface area contributed by atoms with Crippen molar-refractivity contribution in [3.8, 4) is 5.75 Å². The van der Waals surface area contributed by atoms with Gasteiger partial charge >= 0.3 is 0 Å². The summed E-state index contributed by atoms with van der Waals surface area (Å²) in [5.74, 6) is 0.135. The Morgan fingerprint density at radius 2 is 1.91 bits per heavy atom. The minimum absolute atomic E-state index is 0.166. The molecule has 0 aliphatic carbocycles. The lowest BCUT2D eigenvalue weighted by atomic mass is 9.97. The van der Waals surface area contributed by atoms with Crippen LogP contribution in [-0.2, 0) is 14.8 Å². The molecule has 3 aromatic rings. The highest BCUT2D eigenvalue weighted by Gasteiger charge is 2.32. The van der Waals surface area contributed by atoms with Crippen LogP contribution in [0.25, 0.3) is 10.2 Å². The summed E-state index contributed by atoms with van der Waals surface area (Å²) in [7, 11) is -2.02.